The van der Waals surface area contributed by atoms with Crippen molar-refractivity contribution in [3.63, 3.8) is 0 Å². The number of imidazole rings is 1. The number of nitrogens with zero attached hydrogens (tertiary/aromatic N) is 3. The van der Waals surface area contributed by atoms with Crippen molar-refractivity contribution in [3.8, 4) is 28.6 Å². The van der Waals surface area contributed by atoms with E-state index in [4.69, 9.17) is 9.47 Å². The molecule has 0 aliphatic heterocycles. The molecule has 2 N–H and O–H groups in total. The summed E-state index contributed by atoms with van der Waals surface area (Å²) >= 11 is 0. The van der Waals surface area contributed by atoms with E-state index in [1.54, 1.807) is 29.1 Å². The zero-order valence-corrected chi connectivity index (χ0v) is 22.8. The average Bonchev–Trinajstić information content (AvgIpc) is 3.58. The van der Waals surface area contributed by atoms with Crippen molar-refractivity contribution in [2.24, 2.45) is 0 Å². The van der Waals surface area contributed by atoms with Crippen LogP contribution in [0.4, 0.5) is 10.1 Å². The Bertz CT molecular complexity index is 1660. The van der Waals surface area contributed by atoms with Gasteiger partial charge in [-0.05, 0) is 65.0 Å². The molecule has 0 radical (unpaired) electrons. The molecule has 1 aliphatic rings. The van der Waals surface area contributed by atoms with Gasteiger partial charge in [0.15, 0.2) is 17.1 Å². The van der Waals surface area contributed by atoms with Gasteiger partial charge in [0.1, 0.15) is 5.82 Å². The lowest BCUT2D eigenvalue weighted by Gasteiger charge is -2.14. The molecule has 0 spiro atoms. The van der Waals surface area contributed by atoms with Gasteiger partial charge in [-0.15, -0.1) is 5.10 Å². The lowest BCUT2D eigenvalue weighted by atomic mass is 10.0. The zero-order chi connectivity index (χ0) is 27.7. The third-order valence-corrected chi connectivity index (χ3v) is 7.38. The van der Waals surface area contributed by atoms with E-state index in [2.05, 4.69) is 26.6 Å². The Morgan fingerprint density at radius 2 is 2.00 bits per heavy atom. The van der Waals surface area contributed by atoms with Crippen LogP contribution in [0.25, 0.3) is 16.9 Å². The number of ether oxygens (including phenoxy) is 2. The van der Waals surface area contributed by atoms with E-state index in [9.17, 15) is 13.4 Å². The van der Waals surface area contributed by atoms with Crippen molar-refractivity contribution in [3.05, 3.63) is 65.6 Å². The van der Waals surface area contributed by atoms with Gasteiger partial charge in [-0.3, -0.25) is 9.00 Å². The Morgan fingerprint density at radius 1 is 1.21 bits per heavy atom. The number of rotatable bonds is 10. The molecule has 39 heavy (non-hydrogen) atoms. The molecular weight excluding hydrogens is 521 g/mol. The number of aryl methyl sites for hydroxylation is 1. The Hall–Kier alpha value is -4.12. The molecule has 1 atom stereocenters. The number of aromatic nitrogens is 3. The van der Waals surface area contributed by atoms with Gasteiger partial charge < -0.3 is 20.1 Å². The topological polar surface area (TPSA) is 107 Å². The molecule has 1 aliphatic carbocycles. The molecule has 1 unspecified atom stereocenters. The summed E-state index contributed by atoms with van der Waals surface area (Å²) in [5.74, 6) is 4.17. The van der Waals surface area contributed by atoms with Crippen molar-refractivity contribution in [1.82, 2.24) is 19.9 Å². The number of carbonyl (C=O) groups excluding carboxylic acids is 1. The van der Waals surface area contributed by atoms with Gasteiger partial charge in [-0.25, -0.2) is 13.9 Å². The molecule has 2 heterocycles. The molecule has 204 valence electrons. The van der Waals surface area contributed by atoms with Crippen molar-refractivity contribution in [2.75, 3.05) is 31.0 Å². The number of benzene rings is 2. The fourth-order valence-electron chi connectivity index (χ4n) is 4.14. The number of anilines is 1. The van der Waals surface area contributed by atoms with Crippen LogP contribution in [0.3, 0.4) is 0 Å². The molecule has 4 aromatic rings. The van der Waals surface area contributed by atoms with Gasteiger partial charge in [0.2, 0.25) is 5.88 Å². The van der Waals surface area contributed by atoms with Crippen LogP contribution < -0.4 is 20.1 Å². The van der Waals surface area contributed by atoms with Gasteiger partial charge in [-0.1, -0.05) is 6.07 Å². The normalized spacial score (nSPS) is 14.6. The summed E-state index contributed by atoms with van der Waals surface area (Å²) in [6, 6.07) is 11.4. The quantitative estimate of drug-likeness (QED) is 0.283. The molecule has 1 fully saturated rings. The van der Waals surface area contributed by atoms with Crippen LogP contribution >= 0.6 is 0 Å². The van der Waals surface area contributed by atoms with Crippen LogP contribution in [0.5, 0.6) is 17.4 Å². The third kappa shape index (κ3) is 6.14. The number of hydrogen-bond acceptors (Lipinski definition) is 7. The monoisotopic (exact) mass is 551 g/mol. The summed E-state index contributed by atoms with van der Waals surface area (Å²) in [7, 11) is -0.737. The highest BCUT2D eigenvalue weighted by Gasteiger charge is 2.24. The predicted molar refractivity (Wildman–Crippen MR) is 151 cm³/mol. The zero-order valence-electron chi connectivity index (χ0n) is 22.0. The molecule has 9 nitrogen and oxygen atoms in total. The Labute approximate surface area is 226 Å². The van der Waals surface area contributed by atoms with E-state index < -0.39 is 15.3 Å². The largest absolute Gasteiger partial charge is 0.493 e. The second-order valence-corrected chi connectivity index (χ2v) is 12.5. The summed E-state index contributed by atoms with van der Waals surface area (Å²) in [5.41, 5.74) is 4.01. The fourth-order valence-corrected chi connectivity index (χ4v) is 4.67. The van der Waals surface area contributed by atoms with E-state index in [0.29, 0.717) is 40.6 Å². The number of amides is 1. The highest BCUT2D eigenvalue weighted by molar-refractivity contribution is 7.99. The minimum atomic E-state index is -2.20. The number of carbonyl (C=O) groups is 1. The average molecular weight is 552 g/mol. The van der Waals surface area contributed by atoms with Crippen LogP contribution in [0, 0.1) is 12.7 Å². The van der Waals surface area contributed by atoms with Gasteiger partial charge in [-0.2, -0.15) is 0 Å². The summed E-state index contributed by atoms with van der Waals surface area (Å²) in [5, 5.41) is 10.9. The highest BCUT2D eigenvalue weighted by atomic mass is 32.2. The lowest BCUT2D eigenvalue weighted by molar-refractivity contribution is 0.0950. The Kier molecular flexibility index (Phi) is 7.17. The Balaban J connectivity index is 1.54. The maximum absolute atomic E-state index is 14.0. The van der Waals surface area contributed by atoms with Gasteiger partial charge in [0.25, 0.3) is 5.91 Å². The second-order valence-electron chi connectivity index (χ2n) is 9.76. The van der Waals surface area contributed by atoms with E-state index in [-0.39, 0.29) is 23.6 Å². The third-order valence-electron chi connectivity index (χ3n) is 6.31. The summed E-state index contributed by atoms with van der Waals surface area (Å²) in [6.45, 7) is 2.27. The molecule has 0 bridgehead atoms. The standard InChI is InChI=1S/C28H30FN5O4S/c1-17-13-18(5-9-21(17)28(35)32-20-7-8-20)23-16-31-27-22(30-11-12-39(3,4)36)15-26(33-34(23)27)38-25-14-19(29)6-10-24(25)37-2/h5-6,9-10,13-16,20,30H,3,7-8,11-12H2,1-2,4H3,(H,32,35). The van der Waals surface area contributed by atoms with Crippen LogP contribution in [0.2, 0.25) is 0 Å². The van der Waals surface area contributed by atoms with Gasteiger partial charge >= 0.3 is 0 Å². The minimum Gasteiger partial charge on any atom is -0.493 e. The molecule has 1 saturated carbocycles. The van der Waals surface area contributed by atoms with Gasteiger partial charge in [0.05, 0.1) is 24.7 Å². The van der Waals surface area contributed by atoms with E-state index in [0.717, 1.165) is 24.0 Å². The molecule has 2 aromatic carbocycles. The predicted octanol–water partition coefficient (Wildman–Crippen LogP) is 4.30. The smallest absolute Gasteiger partial charge is 0.251 e. The first-order valence-electron chi connectivity index (χ1n) is 12.5. The van der Waals surface area contributed by atoms with E-state index in [1.165, 1.54) is 25.3 Å². The van der Waals surface area contributed by atoms with Crippen molar-refractivity contribution in [2.45, 2.75) is 25.8 Å². The Morgan fingerprint density at radius 3 is 2.69 bits per heavy atom. The number of nitrogens with one attached hydrogen (secondary N) is 2. The maximum Gasteiger partial charge on any atom is 0.251 e. The van der Waals surface area contributed by atoms with Crippen molar-refractivity contribution >= 4 is 32.6 Å². The van der Waals surface area contributed by atoms with Crippen molar-refractivity contribution < 1.29 is 22.9 Å². The maximum atomic E-state index is 14.0. The van der Waals surface area contributed by atoms with Crippen LogP contribution in [0.15, 0.2) is 48.7 Å². The number of hydrogen-bond donors (Lipinski definition) is 2. The van der Waals surface area contributed by atoms with Gasteiger partial charge in [0, 0.05) is 47.9 Å². The minimum absolute atomic E-state index is 0.0815. The molecule has 0 saturated heterocycles. The van der Waals surface area contributed by atoms with Crippen LogP contribution in [0.1, 0.15) is 28.8 Å². The fraction of sp³-hybridized carbons (Fsp3) is 0.286. The number of methoxy groups -OCH3 is 1. The lowest BCUT2D eigenvalue weighted by Crippen LogP contribution is -2.26. The first kappa shape index (κ1) is 26.5. The highest BCUT2D eigenvalue weighted by Crippen LogP contribution is 2.34. The first-order valence-corrected chi connectivity index (χ1v) is 14.8. The molecule has 1 amide bonds. The SMILES string of the molecule is C=S(C)(=O)CCNc1cc(Oc2cc(F)ccc2OC)nn2c(-c3ccc(C(=O)NC4CC4)c(C)c3)cnc12. The van der Waals surface area contributed by atoms with Crippen LogP contribution in [-0.2, 0) is 9.52 Å². The summed E-state index contributed by atoms with van der Waals surface area (Å²) < 4.78 is 39.0. The van der Waals surface area contributed by atoms with E-state index in [1.807, 2.05) is 19.1 Å². The van der Waals surface area contributed by atoms with Crippen LogP contribution in [-0.4, -0.2) is 62.3 Å². The number of halogens is 1. The molecular formula is C28H30FN5O4S. The molecule has 11 heteroatoms. The molecule has 5 rings (SSSR count). The first-order chi connectivity index (χ1) is 18.6. The number of fused-ring (bicyclic) bond motifs is 1. The van der Waals surface area contributed by atoms with E-state index >= 15 is 0 Å². The summed E-state index contributed by atoms with van der Waals surface area (Å²) in [6.07, 6.45) is 5.32. The summed E-state index contributed by atoms with van der Waals surface area (Å²) in [4.78, 5) is 17.2. The second kappa shape index (κ2) is 10.6. The van der Waals surface area contributed by atoms with Crippen molar-refractivity contribution in [1.29, 1.82) is 0 Å². The molecule has 2 aromatic heterocycles.